The Kier molecular flexibility index (Phi) is 5.16. The first-order valence-corrected chi connectivity index (χ1v) is 10.5. The number of carbonyl (C=O) groups excluding carboxylic acids is 1. The molecule has 0 saturated carbocycles. The quantitative estimate of drug-likeness (QED) is 0.651. The molecule has 158 valence electrons. The maximum Gasteiger partial charge on any atom is 0.275 e. The van der Waals surface area contributed by atoms with Gasteiger partial charge in [0.05, 0.1) is 11.3 Å². The van der Waals surface area contributed by atoms with Gasteiger partial charge < -0.3 is 14.4 Å². The highest BCUT2D eigenvalue weighted by molar-refractivity contribution is 5.77. The van der Waals surface area contributed by atoms with Crippen LogP contribution < -0.4 is 15.0 Å². The molecule has 0 aliphatic carbocycles. The van der Waals surface area contributed by atoms with Crippen LogP contribution in [0.15, 0.2) is 59.4 Å². The lowest BCUT2D eigenvalue weighted by molar-refractivity contribution is -0.133. The number of carbonyl (C=O) groups is 1. The summed E-state index contributed by atoms with van der Waals surface area (Å²) in [7, 11) is 0. The summed E-state index contributed by atoms with van der Waals surface area (Å²) in [5.74, 6) is 1.18. The Morgan fingerprint density at radius 3 is 2.48 bits per heavy atom. The Labute approximate surface area is 179 Å². The first kappa shape index (κ1) is 19.4. The second-order valence-electron chi connectivity index (χ2n) is 7.78. The molecule has 31 heavy (non-hydrogen) atoms. The molecule has 1 amide bonds. The van der Waals surface area contributed by atoms with E-state index in [-0.39, 0.29) is 24.8 Å². The molecule has 0 spiro atoms. The van der Waals surface area contributed by atoms with Gasteiger partial charge in [0.2, 0.25) is 12.7 Å². The number of hydrogen-bond acceptors (Lipinski definition) is 5. The molecule has 0 radical (unpaired) electrons. The Balaban J connectivity index is 1.57. The highest BCUT2D eigenvalue weighted by Gasteiger charge is 2.21. The van der Waals surface area contributed by atoms with E-state index >= 15 is 0 Å². The van der Waals surface area contributed by atoms with E-state index < -0.39 is 0 Å². The number of rotatable bonds is 4. The number of benzene rings is 2. The van der Waals surface area contributed by atoms with Gasteiger partial charge in [0.15, 0.2) is 11.5 Å². The van der Waals surface area contributed by atoms with Crippen LogP contribution in [0.2, 0.25) is 0 Å². The standard InChI is InChI=1S/C24H23N3O4/c28-23(26-11-5-2-6-12-26)15-27-24(29)19(14-20(25-27)17-7-3-1-4-8-17)18-9-10-21-22(13-18)31-16-30-21/h1,3-4,7-10,13-14H,2,5-6,11-12,15-16H2. The number of nitrogens with zero attached hydrogens (tertiary/aromatic N) is 3. The number of hydrogen-bond donors (Lipinski definition) is 0. The molecule has 1 saturated heterocycles. The largest absolute Gasteiger partial charge is 0.454 e. The molecular formula is C24H23N3O4. The Hall–Kier alpha value is -3.61. The summed E-state index contributed by atoms with van der Waals surface area (Å²) in [5, 5.41) is 4.54. The number of fused-ring (bicyclic) bond motifs is 1. The van der Waals surface area contributed by atoms with Crippen LogP contribution in [-0.4, -0.2) is 40.5 Å². The molecule has 7 heteroatoms. The minimum Gasteiger partial charge on any atom is -0.454 e. The van der Waals surface area contributed by atoms with Crippen LogP contribution in [0.3, 0.4) is 0 Å². The SMILES string of the molecule is O=C(Cn1nc(-c2ccccc2)cc(-c2ccc3c(c2)OCO3)c1=O)N1CCCCC1. The topological polar surface area (TPSA) is 73.7 Å². The number of likely N-dealkylation sites (tertiary alicyclic amines) is 1. The van der Waals surface area contributed by atoms with Crippen molar-refractivity contribution in [2.45, 2.75) is 25.8 Å². The summed E-state index contributed by atoms with van der Waals surface area (Å²) in [6.45, 7) is 1.57. The van der Waals surface area contributed by atoms with Gasteiger partial charge >= 0.3 is 0 Å². The lowest BCUT2D eigenvalue weighted by Crippen LogP contribution is -2.40. The molecule has 0 unspecified atom stereocenters. The van der Waals surface area contributed by atoms with Crippen molar-refractivity contribution in [3.05, 3.63) is 65.0 Å². The molecule has 5 rings (SSSR count). The number of piperidine rings is 1. The second-order valence-corrected chi connectivity index (χ2v) is 7.78. The van der Waals surface area contributed by atoms with Gasteiger partial charge in [-0.25, -0.2) is 4.68 Å². The van der Waals surface area contributed by atoms with E-state index in [1.54, 1.807) is 18.2 Å². The maximum atomic E-state index is 13.3. The van der Waals surface area contributed by atoms with Crippen molar-refractivity contribution in [1.29, 1.82) is 0 Å². The lowest BCUT2D eigenvalue weighted by atomic mass is 10.0. The van der Waals surface area contributed by atoms with Gasteiger partial charge in [0, 0.05) is 18.7 Å². The molecule has 2 aromatic carbocycles. The zero-order chi connectivity index (χ0) is 21.2. The fourth-order valence-electron chi connectivity index (χ4n) is 4.04. The summed E-state index contributed by atoms with van der Waals surface area (Å²) in [4.78, 5) is 28.0. The van der Waals surface area contributed by atoms with E-state index in [1.165, 1.54) is 4.68 Å². The van der Waals surface area contributed by atoms with Crippen LogP contribution in [0.25, 0.3) is 22.4 Å². The maximum absolute atomic E-state index is 13.3. The van der Waals surface area contributed by atoms with Gasteiger partial charge in [-0.05, 0) is 43.0 Å². The van der Waals surface area contributed by atoms with Gasteiger partial charge in [-0.1, -0.05) is 36.4 Å². The Bertz CT molecular complexity index is 1170. The Morgan fingerprint density at radius 2 is 1.68 bits per heavy atom. The monoisotopic (exact) mass is 417 g/mol. The average molecular weight is 417 g/mol. The number of aromatic nitrogens is 2. The zero-order valence-electron chi connectivity index (χ0n) is 17.1. The van der Waals surface area contributed by atoms with Crippen molar-refractivity contribution in [2.24, 2.45) is 0 Å². The van der Waals surface area contributed by atoms with Crippen molar-refractivity contribution < 1.29 is 14.3 Å². The van der Waals surface area contributed by atoms with Gasteiger partial charge in [-0.2, -0.15) is 5.10 Å². The van der Waals surface area contributed by atoms with E-state index in [2.05, 4.69) is 5.10 Å². The third kappa shape index (κ3) is 3.91. The van der Waals surface area contributed by atoms with E-state index in [4.69, 9.17) is 9.47 Å². The minimum atomic E-state index is -0.302. The van der Waals surface area contributed by atoms with Crippen LogP contribution in [0.4, 0.5) is 0 Å². The molecule has 0 bridgehead atoms. The minimum absolute atomic E-state index is 0.0724. The van der Waals surface area contributed by atoms with Gasteiger partial charge in [-0.3, -0.25) is 9.59 Å². The molecule has 7 nitrogen and oxygen atoms in total. The van der Waals surface area contributed by atoms with Crippen LogP contribution in [-0.2, 0) is 11.3 Å². The first-order valence-electron chi connectivity index (χ1n) is 10.5. The summed E-state index contributed by atoms with van der Waals surface area (Å²) < 4.78 is 12.2. The predicted molar refractivity (Wildman–Crippen MR) is 116 cm³/mol. The highest BCUT2D eigenvalue weighted by Crippen LogP contribution is 2.35. The normalized spacial score (nSPS) is 15.2. The van der Waals surface area contributed by atoms with Crippen LogP contribution in [0, 0.1) is 0 Å². The van der Waals surface area contributed by atoms with Crippen molar-refractivity contribution in [3.8, 4) is 33.9 Å². The van der Waals surface area contributed by atoms with Crippen molar-refractivity contribution in [2.75, 3.05) is 19.9 Å². The van der Waals surface area contributed by atoms with E-state index in [1.807, 2.05) is 41.3 Å². The van der Waals surface area contributed by atoms with Crippen molar-refractivity contribution in [1.82, 2.24) is 14.7 Å². The van der Waals surface area contributed by atoms with Crippen LogP contribution in [0.1, 0.15) is 19.3 Å². The summed E-state index contributed by atoms with van der Waals surface area (Å²) in [5.41, 5.74) is 2.39. The van der Waals surface area contributed by atoms with Gasteiger partial charge in [0.1, 0.15) is 6.54 Å². The smallest absolute Gasteiger partial charge is 0.275 e. The fraction of sp³-hybridized carbons (Fsp3) is 0.292. The average Bonchev–Trinajstić information content (AvgIpc) is 3.29. The summed E-state index contributed by atoms with van der Waals surface area (Å²) >= 11 is 0. The van der Waals surface area contributed by atoms with Crippen molar-refractivity contribution in [3.63, 3.8) is 0 Å². The molecule has 0 atom stereocenters. The van der Waals surface area contributed by atoms with Gasteiger partial charge in [0.25, 0.3) is 5.56 Å². The molecule has 0 N–H and O–H groups in total. The Morgan fingerprint density at radius 1 is 0.903 bits per heavy atom. The molecule has 2 aliphatic rings. The highest BCUT2D eigenvalue weighted by atomic mass is 16.7. The molecular weight excluding hydrogens is 394 g/mol. The number of amides is 1. The van der Waals surface area contributed by atoms with Crippen LogP contribution >= 0.6 is 0 Å². The molecule has 3 heterocycles. The van der Waals surface area contributed by atoms with Crippen LogP contribution in [0.5, 0.6) is 11.5 Å². The summed E-state index contributed by atoms with van der Waals surface area (Å²) in [6, 6.07) is 16.8. The van der Waals surface area contributed by atoms with Gasteiger partial charge in [-0.15, -0.1) is 0 Å². The molecule has 3 aromatic rings. The molecule has 1 aromatic heterocycles. The second kappa shape index (κ2) is 8.26. The molecule has 1 fully saturated rings. The first-order chi connectivity index (χ1) is 15.2. The van der Waals surface area contributed by atoms with E-state index in [0.717, 1.165) is 37.9 Å². The number of ether oxygens (including phenoxy) is 2. The van der Waals surface area contributed by atoms with E-state index in [0.29, 0.717) is 28.3 Å². The van der Waals surface area contributed by atoms with Crippen molar-refractivity contribution >= 4 is 5.91 Å². The lowest BCUT2D eigenvalue weighted by Gasteiger charge is -2.26. The third-order valence-corrected chi connectivity index (χ3v) is 5.72. The third-order valence-electron chi connectivity index (χ3n) is 5.72. The zero-order valence-corrected chi connectivity index (χ0v) is 17.1. The summed E-state index contributed by atoms with van der Waals surface area (Å²) in [6.07, 6.45) is 3.14. The fourth-order valence-corrected chi connectivity index (χ4v) is 4.04. The molecule has 2 aliphatic heterocycles. The predicted octanol–water partition coefficient (Wildman–Crippen LogP) is 3.32. The van der Waals surface area contributed by atoms with E-state index in [9.17, 15) is 9.59 Å².